The van der Waals surface area contributed by atoms with E-state index >= 15 is 0 Å². The third-order valence-corrected chi connectivity index (χ3v) is 7.47. The summed E-state index contributed by atoms with van der Waals surface area (Å²) in [5.74, 6) is -0.138. The van der Waals surface area contributed by atoms with E-state index < -0.39 is 0 Å². The minimum atomic E-state index is -0.239. The number of hydrogen-bond donors (Lipinski definition) is 0. The van der Waals surface area contributed by atoms with E-state index in [-0.39, 0.29) is 23.9 Å². The second-order valence-corrected chi connectivity index (χ2v) is 10.7. The number of anilines is 2. The lowest BCUT2D eigenvalue weighted by Gasteiger charge is -2.43. The van der Waals surface area contributed by atoms with E-state index in [9.17, 15) is 9.59 Å². The van der Waals surface area contributed by atoms with Crippen LogP contribution in [-0.4, -0.2) is 17.9 Å². The summed E-state index contributed by atoms with van der Waals surface area (Å²) in [5, 5.41) is 0. The fourth-order valence-corrected chi connectivity index (χ4v) is 5.68. The molecule has 1 aliphatic heterocycles. The molecule has 180 valence electrons. The molecule has 1 aliphatic rings. The molecule has 6 heteroatoms. The molecule has 0 saturated carbocycles. The average Bonchev–Trinajstić information content (AvgIpc) is 2.89. The Morgan fingerprint density at radius 2 is 1.39 bits per heavy atom. The monoisotopic (exact) mass is 602 g/mol. The Balaban J connectivity index is 1.61. The zero-order valence-corrected chi connectivity index (χ0v) is 22.8. The Bertz CT molecular complexity index is 1420. The van der Waals surface area contributed by atoms with Gasteiger partial charge in [0.15, 0.2) is 0 Å². The highest BCUT2D eigenvalue weighted by atomic mass is 79.9. The van der Waals surface area contributed by atoms with Crippen molar-refractivity contribution in [1.82, 2.24) is 0 Å². The van der Waals surface area contributed by atoms with Gasteiger partial charge in [-0.1, -0.05) is 80.4 Å². The van der Waals surface area contributed by atoms with Gasteiger partial charge in [0.1, 0.15) is 0 Å². The largest absolute Gasteiger partial charge is 0.305 e. The summed E-state index contributed by atoms with van der Waals surface area (Å²) in [6.45, 7) is 2.05. The molecule has 4 aromatic rings. The first-order chi connectivity index (χ1) is 17.4. The number of halogens is 2. The first-order valence-corrected chi connectivity index (χ1v) is 13.3. The fourth-order valence-electron chi connectivity index (χ4n) is 4.88. The summed E-state index contributed by atoms with van der Waals surface area (Å²) < 4.78 is 1.71. The first kappa shape index (κ1) is 24.5. The first-order valence-electron chi connectivity index (χ1n) is 11.8. The molecule has 2 atom stereocenters. The standard InChI is InChI=1S/C30H24Br2N2O2/c1-20-17-28(34(25-13-3-2-4-14-25)30(36)22-10-8-12-24(32)19-22)26-15-5-6-16-27(26)33(20)29(35)21-9-7-11-23(31)18-21/h2-16,18-20,28H,17H2,1H3/t20-,28+/m0/s1. The number of benzene rings is 4. The van der Waals surface area contributed by atoms with Crippen LogP contribution in [0.1, 0.15) is 45.7 Å². The zero-order chi connectivity index (χ0) is 25.2. The third-order valence-electron chi connectivity index (χ3n) is 6.49. The molecule has 1 heterocycles. The second-order valence-electron chi connectivity index (χ2n) is 8.87. The molecule has 4 nitrogen and oxygen atoms in total. The van der Waals surface area contributed by atoms with Crippen LogP contribution in [0.5, 0.6) is 0 Å². The molecule has 0 spiro atoms. The maximum Gasteiger partial charge on any atom is 0.258 e. The van der Waals surface area contributed by atoms with E-state index in [1.807, 2.05) is 120 Å². The highest BCUT2D eigenvalue weighted by Crippen LogP contribution is 2.43. The molecule has 0 unspecified atom stereocenters. The Kier molecular flexibility index (Phi) is 7.08. The maximum absolute atomic E-state index is 14.0. The highest BCUT2D eigenvalue weighted by molar-refractivity contribution is 9.10. The molecular weight excluding hydrogens is 580 g/mol. The van der Waals surface area contributed by atoms with Gasteiger partial charge in [-0.25, -0.2) is 0 Å². The molecule has 4 aromatic carbocycles. The van der Waals surface area contributed by atoms with Crippen LogP contribution in [0.15, 0.2) is 112 Å². The molecule has 5 rings (SSSR count). The van der Waals surface area contributed by atoms with E-state index in [0.29, 0.717) is 17.5 Å². The predicted molar refractivity (Wildman–Crippen MR) is 152 cm³/mol. The summed E-state index contributed by atoms with van der Waals surface area (Å²) in [7, 11) is 0. The number of fused-ring (bicyclic) bond motifs is 1. The van der Waals surface area contributed by atoms with Crippen LogP contribution in [0.4, 0.5) is 11.4 Å². The van der Waals surface area contributed by atoms with Crippen LogP contribution < -0.4 is 9.80 Å². The highest BCUT2D eigenvalue weighted by Gasteiger charge is 2.39. The zero-order valence-electron chi connectivity index (χ0n) is 19.6. The van der Waals surface area contributed by atoms with Crippen molar-refractivity contribution >= 4 is 55.0 Å². The quantitative estimate of drug-likeness (QED) is 0.237. The van der Waals surface area contributed by atoms with Gasteiger partial charge in [-0.05, 0) is 73.5 Å². The van der Waals surface area contributed by atoms with Gasteiger partial charge in [-0.3, -0.25) is 9.59 Å². The van der Waals surface area contributed by atoms with Crippen molar-refractivity contribution in [3.8, 4) is 0 Å². The average molecular weight is 604 g/mol. The summed E-state index contributed by atoms with van der Waals surface area (Å²) in [4.78, 5) is 31.4. The minimum Gasteiger partial charge on any atom is -0.305 e. The number of amides is 2. The number of carbonyl (C=O) groups excluding carboxylic acids is 2. The molecule has 36 heavy (non-hydrogen) atoms. The van der Waals surface area contributed by atoms with Crippen molar-refractivity contribution in [1.29, 1.82) is 0 Å². The van der Waals surface area contributed by atoms with Gasteiger partial charge in [-0.15, -0.1) is 0 Å². The fraction of sp³-hybridized carbons (Fsp3) is 0.133. The molecule has 2 amide bonds. The van der Waals surface area contributed by atoms with E-state index in [1.165, 1.54) is 0 Å². The molecule has 0 fully saturated rings. The van der Waals surface area contributed by atoms with Gasteiger partial charge in [0, 0.05) is 37.5 Å². The lowest BCUT2D eigenvalue weighted by molar-refractivity contribution is 0.0965. The van der Waals surface area contributed by atoms with Crippen molar-refractivity contribution in [3.63, 3.8) is 0 Å². The van der Waals surface area contributed by atoms with Crippen LogP contribution in [0.2, 0.25) is 0 Å². The lowest BCUT2D eigenvalue weighted by Crippen LogP contribution is -2.47. The molecule has 0 saturated heterocycles. The summed E-state index contributed by atoms with van der Waals surface area (Å²) in [6, 6.07) is 32.2. The summed E-state index contributed by atoms with van der Waals surface area (Å²) in [5.41, 5.74) is 3.82. The lowest BCUT2D eigenvalue weighted by atomic mass is 9.89. The van der Waals surface area contributed by atoms with E-state index in [4.69, 9.17) is 0 Å². The number of carbonyl (C=O) groups is 2. The van der Waals surface area contributed by atoms with Crippen molar-refractivity contribution in [2.45, 2.75) is 25.4 Å². The van der Waals surface area contributed by atoms with Gasteiger partial charge in [-0.2, -0.15) is 0 Å². The number of rotatable bonds is 4. The molecule has 0 N–H and O–H groups in total. The maximum atomic E-state index is 14.0. The number of hydrogen-bond acceptors (Lipinski definition) is 2. The Labute approximate surface area is 227 Å². The number of para-hydroxylation sites is 2. The molecule has 0 bridgehead atoms. The Hall–Kier alpha value is -3.22. The van der Waals surface area contributed by atoms with Crippen LogP contribution in [-0.2, 0) is 0 Å². The van der Waals surface area contributed by atoms with Crippen molar-refractivity contribution in [3.05, 3.63) is 129 Å². The van der Waals surface area contributed by atoms with Gasteiger partial charge in [0.05, 0.1) is 6.04 Å². The van der Waals surface area contributed by atoms with Crippen molar-refractivity contribution in [2.75, 3.05) is 9.80 Å². The molecule has 0 radical (unpaired) electrons. The second kappa shape index (κ2) is 10.4. The van der Waals surface area contributed by atoms with E-state index in [1.54, 1.807) is 0 Å². The van der Waals surface area contributed by atoms with Crippen molar-refractivity contribution < 1.29 is 9.59 Å². The number of nitrogens with zero attached hydrogens (tertiary/aromatic N) is 2. The summed E-state index contributed by atoms with van der Waals surface area (Å²) >= 11 is 6.98. The Morgan fingerprint density at radius 1 is 0.778 bits per heavy atom. The van der Waals surface area contributed by atoms with Gasteiger partial charge < -0.3 is 9.80 Å². The Morgan fingerprint density at radius 3 is 2.08 bits per heavy atom. The molecule has 0 aromatic heterocycles. The van der Waals surface area contributed by atoms with E-state index in [0.717, 1.165) is 25.9 Å². The predicted octanol–water partition coefficient (Wildman–Crippen LogP) is 8.04. The van der Waals surface area contributed by atoms with Crippen LogP contribution in [0.3, 0.4) is 0 Å². The normalized spacial score (nSPS) is 16.8. The van der Waals surface area contributed by atoms with Crippen LogP contribution >= 0.6 is 31.9 Å². The molecule has 0 aliphatic carbocycles. The van der Waals surface area contributed by atoms with Crippen molar-refractivity contribution in [2.24, 2.45) is 0 Å². The third kappa shape index (κ3) is 4.75. The minimum absolute atomic E-state index is 0.0562. The van der Waals surface area contributed by atoms with Crippen LogP contribution in [0, 0.1) is 0 Å². The van der Waals surface area contributed by atoms with E-state index in [2.05, 4.69) is 31.9 Å². The van der Waals surface area contributed by atoms with Gasteiger partial charge in [0.25, 0.3) is 11.8 Å². The summed E-state index contributed by atoms with van der Waals surface area (Å²) in [6.07, 6.45) is 0.603. The molecular formula is C30H24Br2N2O2. The van der Waals surface area contributed by atoms with Crippen LogP contribution in [0.25, 0.3) is 0 Å². The SMILES string of the molecule is C[C@H]1C[C@@H](N(C(=O)c2cccc(Br)c2)c2ccccc2)c2ccccc2N1C(=O)c1cccc(Br)c1. The van der Waals surface area contributed by atoms with Gasteiger partial charge in [0.2, 0.25) is 0 Å². The van der Waals surface area contributed by atoms with Gasteiger partial charge >= 0.3 is 0 Å². The smallest absolute Gasteiger partial charge is 0.258 e. The topological polar surface area (TPSA) is 40.6 Å².